The maximum atomic E-state index is 6.04. The molecule has 0 saturated heterocycles. The van der Waals surface area contributed by atoms with Crippen molar-refractivity contribution in [2.75, 3.05) is 0 Å². The van der Waals surface area contributed by atoms with Gasteiger partial charge in [0.05, 0.1) is 9.16 Å². The Bertz CT molecular complexity index is 227. The molecule has 11 heavy (non-hydrogen) atoms. The Morgan fingerprint density at radius 3 is 2.64 bits per heavy atom. The fourth-order valence-electron chi connectivity index (χ4n) is 0.719. The van der Waals surface area contributed by atoms with Gasteiger partial charge < -0.3 is 0 Å². The Morgan fingerprint density at radius 2 is 2.27 bits per heavy atom. The lowest BCUT2D eigenvalue weighted by Gasteiger charge is -1.99. The van der Waals surface area contributed by atoms with Crippen LogP contribution in [0.4, 0.5) is 0 Å². The lowest BCUT2D eigenvalue weighted by molar-refractivity contribution is 0.901. The predicted molar refractivity (Wildman–Crippen MR) is 58.6 cm³/mol. The van der Waals surface area contributed by atoms with Crippen LogP contribution in [0.15, 0.2) is 14.3 Å². The van der Waals surface area contributed by atoms with E-state index in [1.807, 2.05) is 0 Å². The molecule has 0 saturated carbocycles. The number of alkyl halides is 1. The molecule has 1 heterocycles. The first kappa shape index (κ1) is 10.0. The summed E-state index contributed by atoms with van der Waals surface area (Å²) in [4.78, 5) is 1.22. The van der Waals surface area contributed by atoms with E-state index in [-0.39, 0.29) is 5.38 Å². The van der Waals surface area contributed by atoms with E-state index in [9.17, 15) is 0 Å². The lowest BCUT2D eigenvalue weighted by Crippen LogP contribution is -1.80. The summed E-state index contributed by atoms with van der Waals surface area (Å²) >= 11 is 14.6. The normalized spacial score (nSPS) is 13.5. The van der Waals surface area contributed by atoms with E-state index in [0.717, 1.165) is 14.7 Å². The highest BCUT2D eigenvalue weighted by molar-refractivity contribution is 9.13. The van der Waals surface area contributed by atoms with Gasteiger partial charge in [-0.3, -0.25) is 0 Å². The van der Waals surface area contributed by atoms with Crippen LogP contribution in [-0.2, 0) is 0 Å². The molecule has 0 radical (unpaired) electrons. The second-order valence-electron chi connectivity index (χ2n) is 2.15. The number of hydrogen-bond acceptors (Lipinski definition) is 1. The van der Waals surface area contributed by atoms with Gasteiger partial charge in [0.15, 0.2) is 0 Å². The predicted octanol–water partition coefficient (Wildman–Crippen LogP) is 4.96. The zero-order chi connectivity index (χ0) is 8.43. The highest BCUT2D eigenvalue weighted by Crippen LogP contribution is 2.38. The van der Waals surface area contributed by atoms with Crippen molar-refractivity contribution in [1.29, 1.82) is 0 Å². The minimum atomic E-state index is 0.155. The van der Waals surface area contributed by atoms with Crippen LogP contribution in [0.1, 0.15) is 23.6 Å². The highest BCUT2D eigenvalue weighted by Gasteiger charge is 2.10. The fraction of sp³-hybridized carbons (Fsp3) is 0.429. The molecule has 0 nitrogen and oxygen atoms in total. The monoisotopic (exact) mass is 316 g/mol. The Balaban J connectivity index is 2.88. The maximum Gasteiger partial charge on any atom is 0.0843 e. The van der Waals surface area contributed by atoms with Crippen molar-refractivity contribution in [3.05, 3.63) is 19.2 Å². The third-order valence-corrected chi connectivity index (χ3v) is 5.37. The number of thiophene rings is 1. The molecule has 0 aliphatic carbocycles. The van der Waals surface area contributed by atoms with Crippen molar-refractivity contribution in [2.45, 2.75) is 18.7 Å². The maximum absolute atomic E-state index is 6.04. The highest BCUT2D eigenvalue weighted by atomic mass is 79.9. The van der Waals surface area contributed by atoms with Gasteiger partial charge >= 0.3 is 0 Å². The van der Waals surface area contributed by atoms with E-state index in [2.05, 4.69) is 44.8 Å². The second-order valence-corrected chi connectivity index (χ2v) is 5.93. The van der Waals surface area contributed by atoms with Crippen molar-refractivity contribution < 1.29 is 0 Å². The molecule has 0 fully saturated rings. The summed E-state index contributed by atoms with van der Waals surface area (Å²) in [5.41, 5.74) is 0. The van der Waals surface area contributed by atoms with E-state index < -0.39 is 0 Å². The van der Waals surface area contributed by atoms with Crippen LogP contribution in [-0.4, -0.2) is 0 Å². The average Bonchev–Trinajstić information content (AvgIpc) is 2.31. The molecular weight excluding hydrogens is 311 g/mol. The molecular formula is C7H7Br2ClS. The zero-order valence-corrected chi connectivity index (χ0v) is 10.6. The van der Waals surface area contributed by atoms with Gasteiger partial charge in [-0.1, -0.05) is 6.92 Å². The fourth-order valence-corrected chi connectivity index (χ4v) is 3.07. The van der Waals surface area contributed by atoms with Crippen molar-refractivity contribution >= 4 is 54.8 Å². The number of rotatable bonds is 2. The van der Waals surface area contributed by atoms with Crippen LogP contribution in [0.2, 0.25) is 0 Å². The van der Waals surface area contributed by atoms with Gasteiger partial charge in [0.1, 0.15) is 0 Å². The van der Waals surface area contributed by atoms with Gasteiger partial charge in [-0.05, 0) is 44.3 Å². The molecule has 0 aromatic carbocycles. The first-order valence-corrected chi connectivity index (χ1v) is 6.07. The molecule has 62 valence electrons. The SMILES string of the molecule is CCC(Cl)c1cc(Br)c(Br)s1. The van der Waals surface area contributed by atoms with Crippen molar-refractivity contribution in [1.82, 2.24) is 0 Å². The Labute approximate surface area is 92.2 Å². The molecule has 0 spiro atoms. The first-order chi connectivity index (χ1) is 5.15. The molecule has 0 N–H and O–H groups in total. The minimum Gasteiger partial charge on any atom is -0.131 e. The Kier molecular flexibility index (Phi) is 3.89. The summed E-state index contributed by atoms with van der Waals surface area (Å²) in [7, 11) is 0. The zero-order valence-electron chi connectivity index (χ0n) is 5.90. The molecule has 0 bridgehead atoms. The average molecular weight is 318 g/mol. The van der Waals surface area contributed by atoms with Crippen LogP contribution < -0.4 is 0 Å². The van der Waals surface area contributed by atoms with Crippen LogP contribution in [0.3, 0.4) is 0 Å². The third kappa shape index (κ3) is 2.44. The summed E-state index contributed by atoms with van der Waals surface area (Å²) in [5.74, 6) is 0. The van der Waals surface area contributed by atoms with E-state index in [0.29, 0.717) is 0 Å². The standard InChI is InChI=1S/C7H7Br2ClS/c1-2-5(10)6-3-4(8)7(9)11-6/h3,5H,2H2,1H3. The molecule has 1 atom stereocenters. The van der Waals surface area contributed by atoms with Gasteiger partial charge in [-0.25, -0.2) is 0 Å². The first-order valence-electron chi connectivity index (χ1n) is 3.24. The summed E-state index contributed by atoms with van der Waals surface area (Å²) in [6.07, 6.45) is 0.973. The summed E-state index contributed by atoms with van der Waals surface area (Å²) in [6.45, 7) is 2.08. The third-order valence-electron chi connectivity index (χ3n) is 1.33. The number of hydrogen-bond donors (Lipinski definition) is 0. The quantitative estimate of drug-likeness (QED) is 0.676. The van der Waals surface area contributed by atoms with Crippen molar-refractivity contribution in [3.8, 4) is 0 Å². The molecule has 0 aliphatic rings. The molecule has 1 aromatic rings. The minimum absolute atomic E-state index is 0.155. The van der Waals surface area contributed by atoms with E-state index in [1.54, 1.807) is 11.3 Å². The smallest absolute Gasteiger partial charge is 0.0843 e. The van der Waals surface area contributed by atoms with Gasteiger partial charge in [-0.15, -0.1) is 22.9 Å². The summed E-state index contributed by atoms with van der Waals surface area (Å²) < 4.78 is 2.21. The largest absolute Gasteiger partial charge is 0.131 e. The second kappa shape index (κ2) is 4.26. The molecule has 1 aromatic heterocycles. The summed E-state index contributed by atoms with van der Waals surface area (Å²) in [5, 5.41) is 0.155. The molecule has 0 aliphatic heterocycles. The topological polar surface area (TPSA) is 0 Å². The van der Waals surface area contributed by atoms with Gasteiger partial charge in [0.2, 0.25) is 0 Å². The van der Waals surface area contributed by atoms with Gasteiger partial charge in [0, 0.05) is 9.35 Å². The van der Waals surface area contributed by atoms with E-state index in [1.165, 1.54) is 4.88 Å². The molecule has 0 amide bonds. The van der Waals surface area contributed by atoms with E-state index >= 15 is 0 Å². The van der Waals surface area contributed by atoms with Crippen LogP contribution in [0, 0.1) is 0 Å². The Morgan fingerprint density at radius 1 is 1.64 bits per heavy atom. The number of halogens is 3. The van der Waals surface area contributed by atoms with Crippen molar-refractivity contribution in [2.24, 2.45) is 0 Å². The van der Waals surface area contributed by atoms with E-state index in [4.69, 9.17) is 11.6 Å². The summed E-state index contributed by atoms with van der Waals surface area (Å²) in [6, 6.07) is 2.07. The van der Waals surface area contributed by atoms with Crippen LogP contribution in [0.25, 0.3) is 0 Å². The van der Waals surface area contributed by atoms with Crippen LogP contribution in [0.5, 0.6) is 0 Å². The molecule has 1 rings (SSSR count). The molecule has 4 heteroatoms. The van der Waals surface area contributed by atoms with Crippen molar-refractivity contribution in [3.63, 3.8) is 0 Å². The molecule has 1 unspecified atom stereocenters. The van der Waals surface area contributed by atoms with Gasteiger partial charge in [0.25, 0.3) is 0 Å². The Hall–Kier alpha value is 0.950. The van der Waals surface area contributed by atoms with Gasteiger partial charge in [-0.2, -0.15) is 0 Å². The lowest BCUT2D eigenvalue weighted by atomic mass is 10.3. The van der Waals surface area contributed by atoms with Crippen LogP contribution >= 0.6 is 54.8 Å².